The number of hydrogen-bond donors (Lipinski definition) is 2. The Hall–Kier alpha value is -2.56. The number of aromatic nitrogens is 2. The normalized spacial score (nSPS) is 11.5. The molecule has 29 heavy (non-hydrogen) atoms. The predicted octanol–water partition coefficient (Wildman–Crippen LogP) is 4.51. The molecule has 7 nitrogen and oxygen atoms in total. The van der Waals surface area contributed by atoms with Crippen LogP contribution in [0.25, 0.3) is 0 Å². The lowest BCUT2D eigenvalue weighted by atomic mass is 10.2. The highest BCUT2D eigenvalue weighted by Crippen LogP contribution is 2.27. The summed E-state index contributed by atoms with van der Waals surface area (Å²) in [5.41, 5.74) is 0.191. The Morgan fingerprint density at radius 2 is 1.83 bits per heavy atom. The summed E-state index contributed by atoms with van der Waals surface area (Å²) in [5.74, 6) is -0.866. The molecule has 1 amide bonds. The maximum Gasteiger partial charge on any atom is 0.261 e. The fraction of sp³-hybridized carbons (Fsp3) is 0.167. The molecule has 0 unspecified atom stereocenters. The second kappa shape index (κ2) is 8.44. The van der Waals surface area contributed by atoms with Gasteiger partial charge in [-0.2, -0.15) is 0 Å². The third-order valence-electron chi connectivity index (χ3n) is 3.75. The van der Waals surface area contributed by atoms with Crippen LogP contribution in [0.1, 0.15) is 35.1 Å². The van der Waals surface area contributed by atoms with Gasteiger partial charge in [0.25, 0.3) is 15.9 Å². The Labute approximate surface area is 176 Å². The van der Waals surface area contributed by atoms with Gasteiger partial charge in [-0.05, 0) is 42.5 Å². The van der Waals surface area contributed by atoms with Crippen LogP contribution in [0.15, 0.2) is 47.4 Å². The summed E-state index contributed by atoms with van der Waals surface area (Å²) < 4.78 is 40.3. The van der Waals surface area contributed by atoms with Crippen molar-refractivity contribution >= 4 is 49.7 Å². The molecular formula is C18H16ClFN4O3S2. The lowest BCUT2D eigenvalue weighted by Gasteiger charge is -2.11. The molecule has 3 rings (SSSR count). The number of amides is 1. The number of sulfonamides is 1. The maximum atomic E-state index is 13.0. The van der Waals surface area contributed by atoms with Gasteiger partial charge >= 0.3 is 0 Å². The highest BCUT2D eigenvalue weighted by atomic mass is 35.5. The molecule has 1 heterocycles. The van der Waals surface area contributed by atoms with Crippen LogP contribution in [-0.2, 0) is 10.0 Å². The zero-order valence-electron chi connectivity index (χ0n) is 15.3. The molecule has 152 valence electrons. The number of carbonyl (C=O) groups is 1. The van der Waals surface area contributed by atoms with Crippen LogP contribution >= 0.6 is 22.9 Å². The average molecular weight is 455 g/mol. The number of carbonyl (C=O) groups excluding carboxylic acids is 1. The summed E-state index contributed by atoms with van der Waals surface area (Å²) >= 11 is 7.34. The molecule has 0 aliphatic rings. The first kappa shape index (κ1) is 21.2. The first-order chi connectivity index (χ1) is 13.7. The molecule has 0 atom stereocenters. The Kier molecular flexibility index (Phi) is 6.15. The molecule has 0 spiro atoms. The van der Waals surface area contributed by atoms with E-state index in [2.05, 4.69) is 20.2 Å². The Balaban J connectivity index is 1.81. The Morgan fingerprint density at radius 3 is 2.45 bits per heavy atom. The number of anilines is 2. The zero-order chi connectivity index (χ0) is 21.2. The first-order valence-electron chi connectivity index (χ1n) is 8.38. The van der Waals surface area contributed by atoms with E-state index in [1.165, 1.54) is 29.5 Å². The number of hydrogen-bond acceptors (Lipinski definition) is 6. The molecule has 11 heteroatoms. The summed E-state index contributed by atoms with van der Waals surface area (Å²) in [6, 6.07) is 8.49. The van der Waals surface area contributed by atoms with Crippen LogP contribution in [0.4, 0.5) is 15.2 Å². The molecule has 1 aromatic heterocycles. The quantitative estimate of drug-likeness (QED) is 0.570. The van der Waals surface area contributed by atoms with Gasteiger partial charge in [-0.1, -0.05) is 36.8 Å². The second-order valence-corrected chi connectivity index (χ2v) is 9.41. The van der Waals surface area contributed by atoms with E-state index < -0.39 is 21.7 Å². The van der Waals surface area contributed by atoms with Crippen molar-refractivity contribution in [1.29, 1.82) is 0 Å². The van der Waals surface area contributed by atoms with Crippen molar-refractivity contribution in [2.24, 2.45) is 0 Å². The van der Waals surface area contributed by atoms with Gasteiger partial charge in [-0.15, -0.1) is 10.2 Å². The van der Waals surface area contributed by atoms with Crippen LogP contribution in [0.3, 0.4) is 0 Å². The largest absolute Gasteiger partial charge is 0.296 e. The van der Waals surface area contributed by atoms with E-state index in [1.807, 2.05) is 13.8 Å². The molecule has 0 aliphatic carbocycles. The lowest BCUT2D eigenvalue weighted by Crippen LogP contribution is -2.15. The highest BCUT2D eigenvalue weighted by Gasteiger charge is 2.18. The van der Waals surface area contributed by atoms with E-state index >= 15 is 0 Å². The minimum atomic E-state index is -4.01. The lowest BCUT2D eigenvalue weighted by molar-refractivity contribution is 0.102. The van der Waals surface area contributed by atoms with E-state index in [-0.39, 0.29) is 27.1 Å². The summed E-state index contributed by atoms with van der Waals surface area (Å²) in [6.45, 7) is 3.93. The van der Waals surface area contributed by atoms with Crippen molar-refractivity contribution in [1.82, 2.24) is 10.2 Å². The minimum Gasteiger partial charge on any atom is -0.296 e. The standard InChI is InChI=1S/C18H16ClFN4O3S2/c1-10(2)17-22-23-18(28-17)21-16(25)11-3-8-14(19)15(9-11)24-29(26,27)13-6-4-12(20)5-7-13/h3-10,24H,1-2H3,(H,21,23,25). The molecular weight excluding hydrogens is 439 g/mol. The molecule has 0 saturated heterocycles. The van der Waals surface area contributed by atoms with Gasteiger partial charge in [0.05, 0.1) is 15.6 Å². The smallest absolute Gasteiger partial charge is 0.261 e. The number of nitrogens with one attached hydrogen (secondary N) is 2. The van der Waals surface area contributed by atoms with Crippen LogP contribution in [-0.4, -0.2) is 24.5 Å². The molecule has 0 fully saturated rings. The fourth-order valence-electron chi connectivity index (χ4n) is 2.25. The summed E-state index contributed by atoms with van der Waals surface area (Å²) in [5, 5.41) is 11.8. The zero-order valence-corrected chi connectivity index (χ0v) is 17.7. The van der Waals surface area contributed by atoms with E-state index in [9.17, 15) is 17.6 Å². The molecule has 0 saturated carbocycles. The maximum absolute atomic E-state index is 13.0. The van der Waals surface area contributed by atoms with Crippen molar-refractivity contribution < 1.29 is 17.6 Å². The topological polar surface area (TPSA) is 101 Å². The SMILES string of the molecule is CC(C)c1nnc(NC(=O)c2ccc(Cl)c(NS(=O)(=O)c3ccc(F)cc3)c2)s1. The fourth-order valence-corrected chi connectivity index (χ4v) is 4.28. The van der Waals surface area contributed by atoms with E-state index in [0.29, 0.717) is 5.13 Å². The van der Waals surface area contributed by atoms with Gasteiger partial charge in [-0.3, -0.25) is 14.8 Å². The van der Waals surface area contributed by atoms with Crippen LogP contribution in [0, 0.1) is 5.82 Å². The molecule has 3 aromatic rings. The minimum absolute atomic E-state index is 0.0174. The van der Waals surface area contributed by atoms with Gasteiger partial charge in [-0.25, -0.2) is 12.8 Å². The van der Waals surface area contributed by atoms with Crippen molar-refractivity contribution in [2.45, 2.75) is 24.7 Å². The monoisotopic (exact) mass is 454 g/mol. The third kappa shape index (κ3) is 5.08. The van der Waals surface area contributed by atoms with Gasteiger partial charge in [0.1, 0.15) is 10.8 Å². The van der Waals surface area contributed by atoms with Crippen molar-refractivity contribution in [3.05, 3.63) is 63.9 Å². The first-order valence-corrected chi connectivity index (χ1v) is 11.1. The van der Waals surface area contributed by atoms with Crippen LogP contribution in [0.2, 0.25) is 5.02 Å². The highest BCUT2D eigenvalue weighted by molar-refractivity contribution is 7.92. The molecule has 0 radical (unpaired) electrons. The predicted molar refractivity (Wildman–Crippen MR) is 111 cm³/mol. The van der Waals surface area contributed by atoms with Crippen LogP contribution in [0.5, 0.6) is 0 Å². The van der Waals surface area contributed by atoms with Gasteiger partial charge < -0.3 is 0 Å². The molecule has 2 N–H and O–H groups in total. The molecule has 0 aliphatic heterocycles. The third-order valence-corrected chi connectivity index (χ3v) is 6.60. The van der Waals surface area contributed by atoms with E-state index in [4.69, 9.17) is 11.6 Å². The summed E-state index contributed by atoms with van der Waals surface area (Å²) in [4.78, 5) is 12.4. The van der Waals surface area contributed by atoms with E-state index in [0.717, 1.165) is 29.3 Å². The summed E-state index contributed by atoms with van der Waals surface area (Å²) in [6.07, 6.45) is 0. The van der Waals surface area contributed by atoms with Crippen molar-refractivity contribution in [3.63, 3.8) is 0 Å². The second-order valence-electron chi connectivity index (χ2n) is 6.31. The van der Waals surface area contributed by atoms with Gasteiger partial charge in [0, 0.05) is 11.5 Å². The van der Waals surface area contributed by atoms with Gasteiger partial charge in [0.2, 0.25) is 5.13 Å². The number of benzene rings is 2. The number of rotatable bonds is 6. The van der Waals surface area contributed by atoms with E-state index in [1.54, 1.807) is 0 Å². The Bertz CT molecular complexity index is 1150. The summed E-state index contributed by atoms with van der Waals surface area (Å²) in [7, 11) is -4.01. The number of halogens is 2. The Morgan fingerprint density at radius 1 is 1.14 bits per heavy atom. The van der Waals surface area contributed by atoms with Gasteiger partial charge in [0.15, 0.2) is 0 Å². The van der Waals surface area contributed by atoms with Crippen molar-refractivity contribution in [2.75, 3.05) is 10.0 Å². The van der Waals surface area contributed by atoms with Crippen LogP contribution < -0.4 is 10.0 Å². The average Bonchev–Trinajstić information content (AvgIpc) is 3.12. The number of nitrogens with zero attached hydrogens (tertiary/aromatic N) is 2. The molecule has 2 aromatic carbocycles. The van der Waals surface area contributed by atoms with Crippen molar-refractivity contribution in [3.8, 4) is 0 Å². The molecule has 0 bridgehead atoms.